The number of nitrogens with zero attached hydrogens (tertiary/aromatic N) is 2. The van der Waals surface area contributed by atoms with E-state index in [1.165, 1.54) is 17.0 Å². The molecule has 6 nitrogen and oxygen atoms in total. The molecule has 2 amide bonds. The van der Waals surface area contributed by atoms with E-state index in [1.54, 1.807) is 30.0 Å². The van der Waals surface area contributed by atoms with Crippen LogP contribution >= 0.6 is 11.8 Å². The molecule has 0 aliphatic carbocycles. The number of thioether (sulfide) groups is 1. The van der Waals surface area contributed by atoms with Crippen molar-refractivity contribution in [2.45, 2.75) is 6.42 Å². The van der Waals surface area contributed by atoms with Crippen LogP contribution in [-0.4, -0.2) is 40.2 Å². The summed E-state index contributed by atoms with van der Waals surface area (Å²) >= 11 is 1.65. The standard InChI is InChI=1S/C16H14N2O4S/c1-23-9-3-8-17-15(19)11-5-2-4-10-13(18(21)22)7-6-12(14(10)11)16(17)20/h2,4-7H,3,8-9H2,1H3. The molecule has 7 heteroatoms. The van der Waals surface area contributed by atoms with E-state index in [1.807, 2.05) is 6.26 Å². The SMILES string of the molecule is CSCCCN1C(=O)c2cccc3c([N+](=O)[O-])ccc(c23)C1=O. The molecular formula is C16H14N2O4S. The zero-order valence-corrected chi connectivity index (χ0v) is 13.3. The predicted molar refractivity (Wildman–Crippen MR) is 89.0 cm³/mol. The number of non-ortho nitro benzene ring substituents is 1. The highest BCUT2D eigenvalue weighted by molar-refractivity contribution is 7.98. The van der Waals surface area contributed by atoms with Crippen molar-refractivity contribution >= 4 is 40.0 Å². The number of carbonyl (C=O) groups excluding carboxylic acids is 2. The van der Waals surface area contributed by atoms with Gasteiger partial charge in [-0.1, -0.05) is 6.07 Å². The summed E-state index contributed by atoms with van der Waals surface area (Å²) < 4.78 is 0. The summed E-state index contributed by atoms with van der Waals surface area (Å²) in [6, 6.07) is 7.58. The Labute approximate surface area is 136 Å². The summed E-state index contributed by atoms with van der Waals surface area (Å²) in [5.74, 6) is 0.0957. The Morgan fingerprint density at radius 1 is 1.13 bits per heavy atom. The van der Waals surface area contributed by atoms with Crippen molar-refractivity contribution in [3.63, 3.8) is 0 Å². The Hall–Kier alpha value is -2.41. The van der Waals surface area contributed by atoms with Gasteiger partial charge in [-0.05, 0) is 36.6 Å². The van der Waals surface area contributed by atoms with Gasteiger partial charge in [-0.2, -0.15) is 11.8 Å². The van der Waals surface area contributed by atoms with Gasteiger partial charge in [-0.3, -0.25) is 24.6 Å². The second-order valence-electron chi connectivity index (χ2n) is 5.23. The van der Waals surface area contributed by atoms with Crippen molar-refractivity contribution in [3.8, 4) is 0 Å². The molecule has 1 aliphatic rings. The topological polar surface area (TPSA) is 80.5 Å². The van der Waals surface area contributed by atoms with Crippen LogP contribution in [0.5, 0.6) is 0 Å². The Morgan fingerprint density at radius 2 is 1.83 bits per heavy atom. The molecule has 2 aromatic rings. The first-order valence-corrected chi connectivity index (χ1v) is 8.51. The molecule has 0 saturated carbocycles. The van der Waals surface area contributed by atoms with Crippen molar-refractivity contribution in [3.05, 3.63) is 51.6 Å². The van der Waals surface area contributed by atoms with Gasteiger partial charge in [0, 0.05) is 29.1 Å². The van der Waals surface area contributed by atoms with Crippen LogP contribution in [0.2, 0.25) is 0 Å². The molecule has 0 N–H and O–H groups in total. The van der Waals surface area contributed by atoms with Crippen molar-refractivity contribution < 1.29 is 14.5 Å². The largest absolute Gasteiger partial charge is 0.277 e. The maximum atomic E-state index is 12.6. The molecule has 1 heterocycles. The molecule has 1 aliphatic heterocycles. The van der Waals surface area contributed by atoms with Crippen molar-refractivity contribution in [1.29, 1.82) is 0 Å². The third-order valence-corrected chi connectivity index (χ3v) is 4.59. The van der Waals surface area contributed by atoms with Gasteiger partial charge in [0.1, 0.15) is 0 Å². The van der Waals surface area contributed by atoms with Gasteiger partial charge in [0.2, 0.25) is 0 Å². The minimum absolute atomic E-state index is 0.0953. The van der Waals surface area contributed by atoms with Crippen LogP contribution in [0.15, 0.2) is 30.3 Å². The second kappa shape index (κ2) is 6.00. The Balaban J connectivity index is 2.15. The molecule has 0 bridgehead atoms. The van der Waals surface area contributed by atoms with Gasteiger partial charge >= 0.3 is 0 Å². The number of nitro groups is 1. The summed E-state index contributed by atoms with van der Waals surface area (Å²) in [5, 5.41) is 11.9. The molecule has 0 radical (unpaired) electrons. The quantitative estimate of drug-likeness (QED) is 0.364. The van der Waals surface area contributed by atoms with Crippen LogP contribution in [-0.2, 0) is 0 Å². The average molecular weight is 330 g/mol. The van der Waals surface area contributed by atoms with E-state index in [9.17, 15) is 19.7 Å². The van der Waals surface area contributed by atoms with Crippen LogP contribution in [0, 0.1) is 10.1 Å². The third-order valence-electron chi connectivity index (χ3n) is 3.90. The van der Waals surface area contributed by atoms with Crippen LogP contribution in [0.4, 0.5) is 5.69 Å². The van der Waals surface area contributed by atoms with Crippen molar-refractivity contribution in [2.75, 3.05) is 18.6 Å². The molecule has 0 fully saturated rings. The second-order valence-corrected chi connectivity index (χ2v) is 6.21. The molecule has 0 aromatic heterocycles. The van der Waals surface area contributed by atoms with Crippen molar-refractivity contribution in [1.82, 2.24) is 4.90 Å². The lowest BCUT2D eigenvalue weighted by Crippen LogP contribution is -2.41. The van der Waals surface area contributed by atoms with E-state index in [0.717, 1.165) is 12.2 Å². The number of imide groups is 1. The molecule has 0 atom stereocenters. The maximum Gasteiger partial charge on any atom is 0.277 e. The van der Waals surface area contributed by atoms with Gasteiger partial charge in [0.25, 0.3) is 17.5 Å². The third kappa shape index (κ3) is 2.46. The fourth-order valence-electron chi connectivity index (χ4n) is 2.86. The van der Waals surface area contributed by atoms with Gasteiger partial charge in [-0.15, -0.1) is 0 Å². The lowest BCUT2D eigenvalue weighted by Gasteiger charge is -2.27. The van der Waals surface area contributed by atoms with Gasteiger partial charge in [0.05, 0.1) is 10.3 Å². The summed E-state index contributed by atoms with van der Waals surface area (Å²) in [5.41, 5.74) is 0.608. The van der Waals surface area contributed by atoms with E-state index in [4.69, 9.17) is 0 Å². The fourth-order valence-corrected chi connectivity index (χ4v) is 3.28. The first-order valence-electron chi connectivity index (χ1n) is 7.11. The van der Waals surface area contributed by atoms with E-state index >= 15 is 0 Å². The average Bonchev–Trinajstić information content (AvgIpc) is 2.55. The molecular weight excluding hydrogens is 316 g/mol. The van der Waals surface area contributed by atoms with Gasteiger partial charge in [-0.25, -0.2) is 0 Å². The molecule has 2 aromatic carbocycles. The van der Waals surface area contributed by atoms with E-state index in [-0.39, 0.29) is 17.5 Å². The molecule has 23 heavy (non-hydrogen) atoms. The first-order chi connectivity index (χ1) is 11.1. The normalized spacial score (nSPS) is 13.7. The number of hydrogen-bond donors (Lipinski definition) is 0. The zero-order chi connectivity index (χ0) is 16.6. The summed E-state index contributed by atoms with van der Waals surface area (Å²) in [6.07, 6.45) is 2.69. The van der Waals surface area contributed by atoms with Crippen molar-refractivity contribution in [2.24, 2.45) is 0 Å². The fraction of sp³-hybridized carbons (Fsp3) is 0.250. The maximum absolute atomic E-state index is 12.6. The molecule has 0 saturated heterocycles. The molecule has 3 rings (SSSR count). The lowest BCUT2D eigenvalue weighted by molar-refractivity contribution is -0.383. The van der Waals surface area contributed by atoms with E-state index in [0.29, 0.717) is 28.4 Å². The van der Waals surface area contributed by atoms with Crippen LogP contribution in [0.1, 0.15) is 27.1 Å². The minimum atomic E-state index is -0.497. The van der Waals surface area contributed by atoms with Crippen LogP contribution in [0.3, 0.4) is 0 Å². The Bertz CT molecular complexity index is 812. The number of rotatable bonds is 5. The van der Waals surface area contributed by atoms with Crippen LogP contribution < -0.4 is 0 Å². The minimum Gasteiger partial charge on any atom is -0.274 e. The number of nitro benzene ring substituents is 1. The molecule has 0 spiro atoms. The molecule has 118 valence electrons. The number of hydrogen-bond acceptors (Lipinski definition) is 5. The number of amides is 2. The highest BCUT2D eigenvalue weighted by atomic mass is 32.2. The first kappa shape index (κ1) is 15.5. The van der Waals surface area contributed by atoms with E-state index in [2.05, 4.69) is 0 Å². The van der Waals surface area contributed by atoms with Gasteiger partial charge in [0.15, 0.2) is 0 Å². The highest BCUT2D eigenvalue weighted by Crippen LogP contribution is 2.35. The Morgan fingerprint density at radius 3 is 2.48 bits per heavy atom. The molecule has 0 unspecified atom stereocenters. The number of carbonyl (C=O) groups is 2. The van der Waals surface area contributed by atoms with E-state index < -0.39 is 4.92 Å². The zero-order valence-electron chi connectivity index (χ0n) is 12.4. The van der Waals surface area contributed by atoms with Gasteiger partial charge < -0.3 is 0 Å². The highest BCUT2D eigenvalue weighted by Gasteiger charge is 2.34. The summed E-state index contributed by atoms with van der Waals surface area (Å²) in [4.78, 5) is 37.1. The summed E-state index contributed by atoms with van der Waals surface area (Å²) in [6.45, 7) is 0.353. The lowest BCUT2D eigenvalue weighted by atomic mass is 9.93. The predicted octanol–water partition coefficient (Wildman–Crippen LogP) is 3.10. The monoisotopic (exact) mass is 330 g/mol. The smallest absolute Gasteiger partial charge is 0.274 e. The van der Waals surface area contributed by atoms with Crippen LogP contribution in [0.25, 0.3) is 10.8 Å². The number of benzene rings is 2. The Kier molecular flexibility index (Phi) is 4.04. The summed E-state index contributed by atoms with van der Waals surface area (Å²) in [7, 11) is 0.